The number of likely N-dealkylation sites (tertiary alicyclic amines) is 2. The van der Waals surface area contributed by atoms with Crippen LogP contribution >= 0.6 is 0 Å². The lowest BCUT2D eigenvalue weighted by molar-refractivity contribution is -0.128. The molecule has 2 saturated heterocycles. The van der Waals surface area contributed by atoms with E-state index in [0.29, 0.717) is 26.1 Å². The summed E-state index contributed by atoms with van der Waals surface area (Å²) in [6.07, 6.45) is 3.45. The number of amides is 2. The minimum Gasteiger partial charge on any atom is -0.337 e. The summed E-state index contributed by atoms with van der Waals surface area (Å²) in [4.78, 5) is 28.0. The van der Waals surface area contributed by atoms with Crippen molar-refractivity contribution in [1.82, 2.24) is 24.8 Å². The fraction of sp³-hybridized carbons (Fsp3) is 0.474. The fourth-order valence-corrected chi connectivity index (χ4v) is 3.70. The van der Waals surface area contributed by atoms with Gasteiger partial charge >= 0.3 is 0 Å². The standard InChI is InChI=1S/C19H23N5O2/c1-13-6-14(2)8-15(7-13)19(26)23-11-17(12-23)24-10-16(20-21-24)9-22-5-3-4-18(22)25/h6-8,10,17H,3-5,9,11-12H2,1-2H3. The van der Waals surface area contributed by atoms with Gasteiger partial charge < -0.3 is 9.80 Å². The van der Waals surface area contributed by atoms with E-state index in [9.17, 15) is 9.59 Å². The Kier molecular flexibility index (Phi) is 4.22. The molecule has 2 aliphatic rings. The van der Waals surface area contributed by atoms with Crippen molar-refractivity contribution in [2.75, 3.05) is 19.6 Å². The van der Waals surface area contributed by atoms with Gasteiger partial charge in [0.2, 0.25) is 5.91 Å². The minimum absolute atomic E-state index is 0.0658. The molecule has 2 fully saturated rings. The van der Waals surface area contributed by atoms with Crippen LogP contribution in [0.5, 0.6) is 0 Å². The Morgan fingerprint density at radius 2 is 1.92 bits per heavy atom. The Labute approximate surface area is 152 Å². The Morgan fingerprint density at radius 3 is 2.58 bits per heavy atom. The molecule has 0 spiro atoms. The van der Waals surface area contributed by atoms with Gasteiger partial charge in [-0.1, -0.05) is 22.4 Å². The summed E-state index contributed by atoms with van der Waals surface area (Å²) in [6.45, 7) is 6.61. The highest BCUT2D eigenvalue weighted by molar-refractivity contribution is 5.95. The van der Waals surface area contributed by atoms with E-state index in [0.717, 1.165) is 35.3 Å². The Bertz CT molecular complexity index is 833. The summed E-state index contributed by atoms with van der Waals surface area (Å²) < 4.78 is 1.82. The molecular weight excluding hydrogens is 330 g/mol. The molecule has 7 heteroatoms. The summed E-state index contributed by atoms with van der Waals surface area (Å²) in [5.41, 5.74) is 3.75. The van der Waals surface area contributed by atoms with Gasteiger partial charge in [-0.2, -0.15) is 0 Å². The number of rotatable bonds is 4. The summed E-state index contributed by atoms with van der Waals surface area (Å²) in [5, 5.41) is 8.37. The van der Waals surface area contributed by atoms with E-state index in [1.54, 1.807) is 0 Å². The molecular formula is C19H23N5O2. The second-order valence-corrected chi connectivity index (χ2v) is 7.35. The predicted molar refractivity (Wildman–Crippen MR) is 95.5 cm³/mol. The van der Waals surface area contributed by atoms with Crippen LogP contribution in [0, 0.1) is 13.8 Å². The molecule has 0 saturated carbocycles. The van der Waals surface area contributed by atoms with Gasteiger partial charge in [-0.15, -0.1) is 5.10 Å². The zero-order valence-electron chi connectivity index (χ0n) is 15.2. The first-order valence-electron chi connectivity index (χ1n) is 9.05. The highest BCUT2D eigenvalue weighted by Crippen LogP contribution is 2.24. The number of hydrogen-bond donors (Lipinski definition) is 0. The zero-order chi connectivity index (χ0) is 18.3. The van der Waals surface area contributed by atoms with E-state index in [2.05, 4.69) is 16.4 Å². The largest absolute Gasteiger partial charge is 0.337 e. The number of carbonyl (C=O) groups is 2. The van der Waals surface area contributed by atoms with E-state index in [-0.39, 0.29) is 17.9 Å². The first-order chi connectivity index (χ1) is 12.5. The normalized spacial score (nSPS) is 17.7. The smallest absolute Gasteiger partial charge is 0.254 e. The van der Waals surface area contributed by atoms with E-state index in [4.69, 9.17) is 0 Å². The molecule has 26 heavy (non-hydrogen) atoms. The SMILES string of the molecule is Cc1cc(C)cc(C(=O)N2CC(n3cc(CN4CCCC4=O)nn3)C2)c1. The fourth-order valence-electron chi connectivity index (χ4n) is 3.70. The molecule has 0 bridgehead atoms. The molecule has 0 N–H and O–H groups in total. The van der Waals surface area contributed by atoms with Crippen LogP contribution in [0.2, 0.25) is 0 Å². The maximum absolute atomic E-state index is 12.6. The van der Waals surface area contributed by atoms with E-state index in [1.165, 1.54) is 0 Å². The highest BCUT2D eigenvalue weighted by Gasteiger charge is 2.33. The second kappa shape index (κ2) is 6.55. The molecule has 2 aromatic rings. The van der Waals surface area contributed by atoms with Crippen LogP contribution in [-0.2, 0) is 11.3 Å². The lowest BCUT2D eigenvalue weighted by Gasteiger charge is -2.39. The molecule has 0 aliphatic carbocycles. The summed E-state index contributed by atoms with van der Waals surface area (Å²) in [5.74, 6) is 0.254. The van der Waals surface area contributed by atoms with Crippen molar-refractivity contribution in [2.45, 2.75) is 39.3 Å². The molecule has 0 radical (unpaired) electrons. The third-order valence-corrected chi connectivity index (χ3v) is 5.07. The summed E-state index contributed by atoms with van der Waals surface area (Å²) in [7, 11) is 0. The Hall–Kier alpha value is -2.70. The number of nitrogens with zero attached hydrogens (tertiary/aromatic N) is 5. The summed E-state index contributed by atoms with van der Waals surface area (Å²) >= 11 is 0. The first-order valence-corrected chi connectivity index (χ1v) is 9.05. The van der Waals surface area contributed by atoms with Crippen molar-refractivity contribution in [3.63, 3.8) is 0 Å². The lowest BCUT2D eigenvalue weighted by atomic mass is 10.0. The average molecular weight is 353 g/mol. The van der Waals surface area contributed by atoms with Crippen molar-refractivity contribution in [3.8, 4) is 0 Å². The third-order valence-electron chi connectivity index (χ3n) is 5.07. The van der Waals surface area contributed by atoms with Crippen LogP contribution in [0.3, 0.4) is 0 Å². The highest BCUT2D eigenvalue weighted by atomic mass is 16.2. The number of benzene rings is 1. The monoisotopic (exact) mass is 353 g/mol. The van der Waals surface area contributed by atoms with Crippen LogP contribution in [0.15, 0.2) is 24.4 Å². The van der Waals surface area contributed by atoms with Gasteiger partial charge in [0, 0.05) is 31.6 Å². The van der Waals surface area contributed by atoms with Gasteiger partial charge in [-0.05, 0) is 32.4 Å². The van der Waals surface area contributed by atoms with Gasteiger partial charge in [-0.3, -0.25) is 9.59 Å². The second-order valence-electron chi connectivity index (χ2n) is 7.35. The lowest BCUT2D eigenvalue weighted by Crippen LogP contribution is -2.50. The number of carbonyl (C=O) groups excluding carboxylic acids is 2. The maximum Gasteiger partial charge on any atom is 0.254 e. The molecule has 1 aromatic heterocycles. The molecule has 0 atom stereocenters. The van der Waals surface area contributed by atoms with E-state index in [1.807, 2.05) is 46.7 Å². The molecule has 4 rings (SSSR count). The van der Waals surface area contributed by atoms with E-state index >= 15 is 0 Å². The Balaban J connectivity index is 1.36. The number of hydrogen-bond acceptors (Lipinski definition) is 4. The molecule has 0 unspecified atom stereocenters. The van der Waals surface area contributed by atoms with Gasteiger partial charge in [0.15, 0.2) is 0 Å². The molecule has 2 aliphatic heterocycles. The molecule has 7 nitrogen and oxygen atoms in total. The molecule has 2 amide bonds. The van der Waals surface area contributed by atoms with Gasteiger partial charge in [0.25, 0.3) is 5.91 Å². The van der Waals surface area contributed by atoms with Gasteiger partial charge in [0.1, 0.15) is 5.69 Å². The quantitative estimate of drug-likeness (QED) is 0.839. The number of aryl methyl sites for hydroxylation is 2. The maximum atomic E-state index is 12.6. The molecule has 3 heterocycles. The number of aromatic nitrogens is 3. The zero-order valence-corrected chi connectivity index (χ0v) is 15.2. The third kappa shape index (κ3) is 3.21. The van der Waals surface area contributed by atoms with Crippen LogP contribution in [-0.4, -0.2) is 56.2 Å². The van der Waals surface area contributed by atoms with Gasteiger partial charge in [0.05, 0.1) is 18.8 Å². The predicted octanol–water partition coefficient (Wildman–Crippen LogP) is 1.71. The van der Waals surface area contributed by atoms with Crippen molar-refractivity contribution in [3.05, 3.63) is 46.8 Å². The van der Waals surface area contributed by atoms with Crippen molar-refractivity contribution in [2.24, 2.45) is 0 Å². The van der Waals surface area contributed by atoms with E-state index < -0.39 is 0 Å². The van der Waals surface area contributed by atoms with Crippen molar-refractivity contribution < 1.29 is 9.59 Å². The topological polar surface area (TPSA) is 71.3 Å². The van der Waals surface area contributed by atoms with Crippen LogP contribution < -0.4 is 0 Å². The first kappa shape index (κ1) is 16.8. The van der Waals surface area contributed by atoms with Crippen molar-refractivity contribution in [1.29, 1.82) is 0 Å². The van der Waals surface area contributed by atoms with Gasteiger partial charge in [-0.25, -0.2) is 4.68 Å². The minimum atomic E-state index is 0.0658. The Morgan fingerprint density at radius 1 is 1.19 bits per heavy atom. The molecule has 1 aromatic carbocycles. The van der Waals surface area contributed by atoms with Crippen LogP contribution in [0.4, 0.5) is 0 Å². The van der Waals surface area contributed by atoms with Crippen LogP contribution in [0.1, 0.15) is 46.1 Å². The summed E-state index contributed by atoms with van der Waals surface area (Å²) in [6, 6.07) is 6.09. The molecule has 136 valence electrons. The average Bonchev–Trinajstić information content (AvgIpc) is 3.15. The van der Waals surface area contributed by atoms with Crippen molar-refractivity contribution >= 4 is 11.8 Å². The van der Waals surface area contributed by atoms with Crippen LogP contribution in [0.25, 0.3) is 0 Å².